The Labute approximate surface area is 123 Å². The van der Waals surface area contributed by atoms with Crippen LogP contribution in [-0.4, -0.2) is 27.7 Å². The molecule has 110 valence electrons. The summed E-state index contributed by atoms with van der Waals surface area (Å²) in [4.78, 5) is 8.12. The van der Waals surface area contributed by atoms with E-state index in [1.807, 2.05) is 0 Å². The van der Waals surface area contributed by atoms with E-state index in [0.717, 1.165) is 0 Å². The van der Waals surface area contributed by atoms with Gasteiger partial charge in [-0.3, -0.25) is 4.99 Å². The first-order valence-electron chi connectivity index (χ1n) is 8.26. The average Bonchev–Trinajstić information content (AvgIpc) is 2.73. The molecule has 3 aliphatic heterocycles. The first-order valence-corrected chi connectivity index (χ1v) is 8.26. The Hall–Kier alpha value is -0.790. The van der Waals surface area contributed by atoms with E-state index in [1.165, 1.54) is 31.4 Å². The van der Waals surface area contributed by atoms with Crippen LogP contribution in [0.4, 0.5) is 0 Å². The summed E-state index contributed by atoms with van der Waals surface area (Å²) in [6.45, 7) is 14.1. The van der Waals surface area contributed by atoms with Crippen molar-refractivity contribution in [2.75, 3.05) is 0 Å². The quantitative estimate of drug-likeness (QED) is 0.604. The maximum atomic E-state index is 5.36. The number of nitrogens with zero attached hydrogens (tertiary/aromatic N) is 2. The predicted octanol–water partition coefficient (Wildman–Crippen LogP) is 4.17. The van der Waals surface area contributed by atoms with Crippen molar-refractivity contribution in [2.45, 2.75) is 84.3 Å². The van der Waals surface area contributed by atoms with Gasteiger partial charge in [-0.2, -0.15) is 0 Å². The monoisotopic (exact) mass is 272 g/mol. The molecular weight excluding hydrogens is 244 g/mol. The molecule has 4 aliphatic rings. The molecule has 0 aromatic rings. The van der Waals surface area contributed by atoms with Gasteiger partial charge in [-0.05, 0) is 18.9 Å². The molecule has 1 spiro atoms. The number of aliphatic imine (C=N–C) groups is 1. The molecule has 0 aromatic heterocycles. The Morgan fingerprint density at radius 3 is 2.25 bits per heavy atom. The lowest BCUT2D eigenvalue weighted by Gasteiger charge is -2.34. The number of hydrogen-bond donors (Lipinski definition) is 0. The molecule has 2 fully saturated rings. The third-order valence-electron chi connectivity index (χ3n) is 5.94. The van der Waals surface area contributed by atoms with Gasteiger partial charge >= 0.3 is 0 Å². The molecule has 2 heteroatoms. The predicted molar refractivity (Wildman–Crippen MR) is 84.0 cm³/mol. The Morgan fingerprint density at radius 1 is 1.05 bits per heavy atom. The maximum absolute atomic E-state index is 5.36. The summed E-state index contributed by atoms with van der Waals surface area (Å²) in [5, 5.41) is 0. The van der Waals surface area contributed by atoms with Gasteiger partial charge in [0.05, 0.1) is 11.6 Å². The van der Waals surface area contributed by atoms with Crippen LogP contribution in [0, 0.1) is 10.8 Å². The Morgan fingerprint density at radius 2 is 1.70 bits per heavy atom. The molecule has 3 heterocycles. The molecule has 1 saturated carbocycles. The van der Waals surface area contributed by atoms with Crippen molar-refractivity contribution in [2.24, 2.45) is 15.8 Å². The summed E-state index contributed by atoms with van der Waals surface area (Å²) in [6.07, 6.45) is 7.89. The normalized spacial score (nSPS) is 42.1. The lowest BCUT2D eigenvalue weighted by Crippen LogP contribution is -2.43. The van der Waals surface area contributed by atoms with E-state index in [1.54, 1.807) is 5.70 Å². The highest BCUT2D eigenvalue weighted by Gasteiger charge is 2.82. The molecule has 1 saturated heterocycles. The second-order valence-electron chi connectivity index (χ2n) is 9.35. The number of hydrogen-bond acceptors (Lipinski definition) is 2. The van der Waals surface area contributed by atoms with E-state index in [4.69, 9.17) is 4.99 Å². The fourth-order valence-corrected chi connectivity index (χ4v) is 5.07. The Balaban J connectivity index is 1.86. The summed E-state index contributed by atoms with van der Waals surface area (Å²) in [5.41, 5.74) is 3.96. The zero-order valence-electron chi connectivity index (χ0n) is 13.9. The lowest BCUT2D eigenvalue weighted by atomic mass is 9.71. The molecule has 0 bridgehead atoms. The van der Waals surface area contributed by atoms with E-state index in [0.29, 0.717) is 11.6 Å². The van der Waals surface area contributed by atoms with E-state index >= 15 is 0 Å². The number of rotatable bonds is 0. The van der Waals surface area contributed by atoms with Crippen molar-refractivity contribution < 1.29 is 0 Å². The van der Waals surface area contributed by atoms with Gasteiger partial charge in [-0.25, -0.2) is 0 Å². The van der Waals surface area contributed by atoms with Crippen LogP contribution >= 0.6 is 0 Å². The smallest absolute Gasteiger partial charge is 0.106 e. The molecule has 4 rings (SSSR count). The van der Waals surface area contributed by atoms with Crippen LogP contribution in [0.1, 0.15) is 67.2 Å². The second kappa shape index (κ2) is 3.18. The zero-order valence-corrected chi connectivity index (χ0v) is 13.9. The van der Waals surface area contributed by atoms with E-state index in [9.17, 15) is 0 Å². The van der Waals surface area contributed by atoms with Crippen LogP contribution in [0.15, 0.2) is 16.8 Å². The van der Waals surface area contributed by atoms with Gasteiger partial charge in [0.25, 0.3) is 0 Å². The molecular formula is C18H28N2. The third kappa shape index (κ3) is 1.21. The molecule has 0 radical (unpaired) electrons. The molecule has 0 amide bonds. The minimum atomic E-state index is 0.126. The maximum Gasteiger partial charge on any atom is 0.106 e. The zero-order chi connectivity index (χ0) is 14.6. The lowest BCUT2D eigenvalue weighted by molar-refractivity contribution is 0.256. The summed E-state index contributed by atoms with van der Waals surface area (Å²) in [5.74, 6) is 0. The van der Waals surface area contributed by atoms with Gasteiger partial charge in [-0.15, -0.1) is 0 Å². The third-order valence-corrected chi connectivity index (χ3v) is 5.94. The molecule has 2 nitrogen and oxygen atoms in total. The largest absolute Gasteiger partial charge is 0.353 e. The first-order chi connectivity index (χ1) is 9.14. The summed E-state index contributed by atoms with van der Waals surface area (Å²) in [6, 6.07) is 0.613. The SMILES string of the molecule is CC(C)(C)C1=C[C@]23CCCC[C@@]24[C@@H](C(C(C)(C)C)=N3)N14. The molecule has 3 atom stereocenters. The standard InChI is InChI=1S/C18H28N2/c1-15(2,3)12-11-17-9-7-8-10-18(17)14(20(12)18)13(19-17)16(4,5)6/h11,14H,7-10H2,1-6H3/t14-,17-,18-,20?/m1/s1. The summed E-state index contributed by atoms with van der Waals surface area (Å²) < 4.78 is 0. The minimum absolute atomic E-state index is 0.126. The van der Waals surface area contributed by atoms with Crippen LogP contribution in [0.2, 0.25) is 0 Å². The van der Waals surface area contributed by atoms with Crippen molar-refractivity contribution in [1.82, 2.24) is 4.90 Å². The van der Waals surface area contributed by atoms with Gasteiger partial charge < -0.3 is 4.90 Å². The highest BCUT2D eigenvalue weighted by molar-refractivity contribution is 6.03. The number of fused-ring (bicyclic) bond motifs is 1. The molecule has 0 aromatic carbocycles. The van der Waals surface area contributed by atoms with Crippen molar-refractivity contribution in [3.05, 3.63) is 11.8 Å². The van der Waals surface area contributed by atoms with Gasteiger partial charge in [0, 0.05) is 22.2 Å². The van der Waals surface area contributed by atoms with E-state index in [-0.39, 0.29) is 16.4 Å². The van der Waals surface area contributed by atoms with E-state index in [2.05, 4.69) is 52.5 Å². The Bertz CT molecular complexity index is 501. The van der Waals surface area contributed by atoms with Gasteiger partial charge in [0.2, 0.25) is 0 Å². The van der Waals surface area contributed by atoms with Crippen molar-refractivity contribution in [3.63, 3.8) is 0 Å². The summed E-state index contributed by atoms with van der Waals surface area (Å²) in [7, 11) is 0. The topological polar surface area (TPSA) is 15.4 Å². The van der Waals surface area contributed by atoms with E-state index < -0.39 is 0 Å². The molecule has 1 aliphatic carbocycles. The van der Waals surface area contributed by atoms with Crippen molar-refractivity contribution >= 4 is 5.71 Å². The highest BCUT2D eigenvalue weighted by atomic mass is 15.5. The van der Waals surface area contributed by atoms with Crippen molar-refractivity contribution in [3.8, 4) is 0 Å². The van der Waals surface area contributed by atoms with Crippen LogP contribution in [0.5, 0.6) is 0 Å². The second-order valence-corrected chi connectivity index (χ2v) is 9.35. The van der Waals surface area contributed by atoms with Gasteiger partial charge in [-0.1, -0.05) is 54.4 Å². The fraction of sp³-hybridized carbons (Fsp3) is 0.833. The number of allylic oxidation sites excluding steroid dienone is 1. The van der Waals surface area contributed by atoms with Crippen LogP contribution in [0.25, 0.3) is 0 Å². The van der Waals surface area contributed by atoms with Crippen LogP contribution in [0.3, 0.4) is 0 Å². The summed E-state index contributed by atoms with van der Waals surface area (Å²) >= 11 is 0. The minimum Gasteiger partial charge on any atom is -0.353 e. The van der Waals surface area contributed by atoms with Gasteiger partial charge in [0.1, 0.15) is 5.54 Å². The van der Waals surface area contributed by atoms with Crippen molar-refractivity contribution in [1.29, 1.82) is 0 Å². The molecule has 0 N–H and O–H groups in total. The Kier molecular flexibility index (Phi) is 2.05. The average molecular weight is 272 g/mol. The van der Waals surface area contributed by atoms with Gasteiger partial charge in [0.15, 0.2) is 0 Å². The first kappa shape index (κ1) is 12.9. The van der Waals surface area contributed by atoms with Crippen LogP contribution < -0.4 is 0 Å². The molecule has 20 heavy (non-hydrogen) atoms. The highest BCUT2D eigenvalue weighted by Crippen LogP contribution is 2.71. The fourth-order valence-electron chi connectivity index (χ4n) is 5.07. The van der Waals surface area contributed by atoms with Crippen LogP contribution in [-0.2, 0) is 0 Å². The molecule has 0 unspecified atom stereocenters.